The van der Waals surface area contributed by atoms with Crippen molar-refractivity contribution in [2.45, 2.75) is 46.7 Å². The quantitative estimate of drug-likeness (QED) is 0.880. The maximum Gasteiger partial charge on any atom is 0.419 e. The summed E-state index contributed by atoms with van der Waals surface area (Å²) in [6, 6.07) is 6.39. The minimum absolute atomic E-state index is 0.275. The Labute approximate surface area is 119 Å². The van der Waals surface area contributed by atoms with Crippen molar-refractivity contribution < 1.29 is 4.42 Å². The number of benzene rings is 1. The third kappa shape index (κ3) is 2.96. The standard InChI is InChI=1S/C16H24N2O2/c1-5-17-13(9-11(3)4)12-7-8-14-15(10-12)20-16(19)18(14)6-2/h7-8,10-11,13,17H,5-6,9H2,1-4H3. The summed E-state index contributed by atoms with van der Waals surface area (Å²) >= 11 is 0. The number of nitrogens with one attached hydrogen (secondary N) is 1. The summed E-state index contributed by atoms with van der Waals surface area (Å²) in [6.45, 7) is 10.1. The van der Waals surface area contributed by atoms with Crippen LogP contribution in [-0.2, 0) is 6.54 Å². The van der Waals surface area contributed by atoms with Crippen LogP contribution in [0.2, 0.25) is 0 Å². The Morgan fingerprint density at radius 3 is 2.65 bits per heavy atom. The highest BCUT2D eigenvalue weighted by atomic mass is 16.4. The Morgan fingerprint density at radius 1 is 1.30 bits per heavy atom. The van der Waals surface area contributed by atoms with E-state index < -0.39 is 0 Å². The summed E-state index contributed by atoms with van der Waals surface area (Å²) in [6.07, 6.45) is 1.07. The molecule has 1 atom stereocenters. The Hall–Kier alpha value is -1.55. The van der Waals surface area contributed by atoms with Crippen molar-refractivity contribution in [3.8, 4) is 0 Å². The molecule has 0 amide bonds. The minimum Gasteiger partial charge on any atom is -0.408 e. The molecule has 0 aliphatic heterocycles. The van der Waals surface area contributed by atoms with Crippen LogP contribution in [0.4, 0.5) is 0 Å². The topological polar surface area (TPSA) is 47.2 Å². The lowest BCUT2D eigenvalue weighted by Crippen LogP contribution is -2.22. The molecule has 1 aromatic heterocycles. The van der Waals surface area contributed by atoms with Gasteiger partial charge in [0.15, 0.2) is 5.58 Å². The van der Waals surface area contributed by atoms with Gasteiger partial charge in [0.2, 0.25) is 0 Å². The molecule has 0 saturated heterocycles. The number of nitrogens with zero attached hydrogens (tertiary/aromatic N) is 1. The first kappa shape index (κ1) is 14.9. The van der Waals surface area contributed by atoms with Crippen molar-refractivity contribution in [3.05, 3.63) is 34.3 Å². The van der Waals surface area contributed by atoms with E-state index in [-0.39, 0.29) is 5.76 Å². The van der Waals surface area contributed by atoms with Gasteiger partial charge in [-0.25, -0.2) is 4.79 Å². The van der Waals surface area contributed by atoms with Crippen LogP contribution in [0.25, 0.3) is 11.1 Å². The lowest BCUT2D eigenvalue weighted by atomic mass is 9.97. The fourth-order valence-electron chi connectivity index (χ4n) is 2.65. The highest BCUT2D eigenvalue weighted by Gasteiger charge is 2.15. The first-order valence-electron chi connectivity index (χ1n) is 7.43. The van der Waals surface area contributed by atoms with Crippen molar-refractivity contribution in [2.24, 2.45) is 5.92 Å². The van der Waals surface area contributed by atoms with Crippen molar-refractivity contribution in [1.82, 2.24) is 9.88 Å². The van der Waals surface area contributed by atoms with E-state index in [4.69, 9.17) is 4.42 Å². The fourth-order valence-corrected chi connectivity index (χ4v) is 2.65. The van der Waals surface area contributed by atoms with Crippen molar-refractivity contribution in [3.63, 3.8) is 0 Å². The Balaban J connectivity index is 2.41. The number of aromatic nitrogens is 1. The molecule has 0 radical (unpaired) electrons. The average molecular weight is 276 g/mol. The first-order chi connectivity index (χ1) is 9.56. The summed E-state index contributed by atoms with van der Waals surface area (Å²) in [7, 11) is 0. The van der Waals surface area contributed by atoms with Crippen LogP contribution in [-0.4, -0.2) is 11.1 Å². The predicted molar refractivity (Wildman–Crippen MR) is 82.0 cm³/mol. The summed E-state index contributed by atoms with van der Waals surface area (Å²) < 4.78 is 7.00. The molecule has 0 spiro atoms. The number of fused-ring (bicyclic) bond motifs is 1. The second-order valence-corrected chi connectivity index (χ2v) is 5.58. The van der Waals surface area contributed by atoms with E-state index in [1.807, 2.05) is 19.1 Å². The maximum atomic E-state index is 11.7. The van der Waals surface area contributed by atoms with Crippen LogP contribution in [0.15, 0.2) is 27.4 Å². The van der Waals surface area contributed by atoms with Crippen molar-refractivity contribution in [1.29, 1.82) is 0 Å². The number of rotatable bonds is 6. The zero-order valence-electron chi connectivity index (χ0n) is 12.8. The first-order valence-corrected chi connectivity index (χ1v) is 7.43. The molecule has 110 valence electrons. The van der Waals surface area contributed by atoms with Crippen LogP contribution < -0.4 is 11.1 Å². The molecule has 0 aliphatic carbocycles. The number of oxazole rings is 1. The van der Waals surface area contributed by atoms with Gasteiger partial charge >= 0.3 is 5.76 Å². The highest BCUT2D eigenvalue weighted by molar-refractivity contribution is 5.73. The van der Waals surface area contributed by atoms with Gasteiger partial charge in [-0.2, -0.15) is 0 Å². The molecule has 2 aromatic rings. The van der Waals surface area contributed by atoms with E-state index in [1.54, 1.807) is 4.57 Å². The molecule has 2 rings (SSSR count). The van der Waals surface area contributed by atoms with Gasteiger partial charge in [0.05, 0.1) is 5.52 Å². The molecule has 20 heavy (non-hydrogen) atoms. The van der Waals surface area contributed by atoms with Crippen LogP contribution >= 0.6 is 0 Å². The van der Waals surface area contributed by atoms with Gasteiger partial charge in [-0.3, -0.25) is 4.57 Å². The molecule has 0 fully saturated rings. The third-order valence-corrected chi connectivity index (χ3v) is 3.57. The molecular weight excluding hydrogens is 252 g/mol. The Bertz CT molecular complexity index is 625. The van der Waals surface area contributed by atoms with Gasteiger partial charge in [0, 0.05) is 12.6 Å². The molecule has 1 aromatic carbocycles. The second kappa shape index (κ2) is 6.27. The SMILES string of the molecule is CCNC(CC(C)C)c1ccc2c(c1)oc(=O)n2CC. The Morgan fingerprint density at radius 2 is 2.05 bits per heavy atom. The summed E-state index contributed by atoms with van der Waals surface area (Å²) in [5.41, 5.74) is 2.74. The lowest BCUT2D eigenvalue weighted by Gasteiger charge is -2.20. The number of aryl methyl sites for hydroxylation is 1. The summed E-state index contributed by atoms with van der Waals surface area (Å²) in [5, 5.41) is 3.50. The monoisotopic (exact) mass is 276 g/mol. The van der Waals surface area contributed by atoms with E-state index in [0.29, 0.717) is 24.1 Å². The Kier molecular flexibility index (Phi) is 4.65. The lowest BCUT2D eigenvalue weighted by molar-refractivity contribution is 0.438. The maximum absolute atomic E-state index is 11.7. The molecule has 4 nitrogen and oxygen atoms in total. The molecular formula is C16H24N2O2. The fraction of sp³-hybridized carbons (Fsp3) is 0.562. The van der Waals surface area contributed by atoms with E-state index >= 15 is 0 Å². The van der Waals surface area contributed by atoms with Gasteiger partial charge in [0.25, 0.3) is 0 Å². The minimum atomic E-state index is -0.275. The van der Waals surface area contributed by atoms with E-state index in [2.05, 4.69) is 32.2 Å². The van der Waals surface area contributed by atoms with Crippen LogP contribution in [0.1, 0.15) is 45.7 Å². The summed E-state index contributed by atoms with van der Waals surface area (Å²) in [5.74, 6) is 0.338. The van der Waals surface area contributed by atoms with E-state index in [9.17, 15) is 4.79 Å². The molecule has 0 aliphatic rings. The van der Waals surface area contributed by atoms with Gasteiger partial charge in [-0.15, -0.1) is 0 Å². The van der Waals surface area contributed by atoms with Gasteiger partial charge in [0.1, 0.15) is 0 Å². The second-order valence-electron chi connectivity index (χ2n) is 5.58. The third-order valence-electron chi connectivity index (χ3n) is 3.57. The zero-order chi connectivity index (χ0) is 14.7. The largest absolute Gasteiger partial charge is 0.419 e. The van der Waals surface area contributed by atoms with Crippen LogP contribution in [0.5, 0.6) is 0 Å². The van der Waals surface area contributed by atoms with Gasteiger partial charge < -0.3 is 9.73 Å². The van der Waals surface area contributed by atoms with Gasteiger partial charge in [-0.05, 0) is 43.5 Å². The average Bonchev–Trinajstić information content (AvgIpc) is 2.71. The number of hydrogen-bond acceptors (Lipinski definition) is 3. The molecule has 0 bridgehead atoms. The molecule has 4 heteroatoms. The molecule has 1 heterocycles. The van der Waals surface area contributed by atoms with Crippen LogP contribution in [0.3, 0.4) is 0 Å². The molecule has 1 N–H and O–H groups in total. The van der Waals surface area contributed by atoms with Crippen molar-refractivity contribution in [2.75, 3.05) is 6.54 Å². The zero-order valence-corrected chi connectivity index (χ0v) is 12.8. The highest BCUT2D eigenvalue weighted by Crippen LogP contribution is 2.24. The predicted octanol–water partition coefficient (Wildman–Crippen LogP) is 3.31. The molecule has 0 saturated carbocycles. The summed E-state index contributed by atoms with van der Waals surface area (Å²) in [4.78, 5) is 11.7. The normalized spacial score (nSPS) is 13.2. The number of hydrogen-bond donors (Lipinski definition) is 1. The van der Waals surface area contributed by atoms with E-state index in [1.165, 1.54) is 5.56 Å². The van der Waals surface area contributed by atoms with E-state index in [0.717, 1.165) is 18.5 Å². The van der Waals surface area contributed by atoms with Gasteiger partial charge in [-0.1, -0.05) is 26.8 Å². The van der Waals surface area contributed by atoms with Crippen molar-refractivity contribution >= 4 is 11.1 Å². The smallest absolute Gasteiger partial charge is 0.408 e. The molecule has 1 unspecified atom stereocenters. The van der Waals surface area contributed by atoms with Crippen LogP contribution in [0, 0.1) is 5.92 Å².